The maximum atomic E-state index is 12.2. The maximum Gasteiger partial charge on any atom is 0.305 e. The Kier molecular flexibility index (Phi) is 19.6. The first-order valence-electron chi connectivity index (χ1n) is 16.1. The first kappa shape index (κ1) is 36.7. The fraction of sp³-hybridized carbons (Fsp3) is 0.818. The van der Waals surface area contributed by atoms with Gasteiger partial charge in [-0.2, -0.15) is 0 Å². The molecule has 0 amide bonds. The van der Waals surface area contributed by atoms with Gasteiger partial charge in [-0.15, -0.1) is 0 Å². The van der Waals surface area contributed by atoms with Gasteiger partial charge in [0.25, 0.3) is 0 Å². The van der Waals surface area contributed by atoms with Crippen molar-refractivity contribution in [3.05, 3.63) is 23.0 Å². The molecule has 0 radical (unpaired) electrons. The average molecular weight is 583 g/mol. The van der Waals surface area contributed by atoms with Crippen LogP contribution in [0.15, 0.2) is 6.20 Å². The zero-order valence-electron chi connectivity index (χ0n) is 26.4. The molecule has 6 nitrogen and oxygen atoms in total. The number of pyridine rings is 1. The van der Waals surface area contributed by atoms with Crippen LogP contribution in [0, 0.1) is 6.92 Å². The summed E-state index contributed by atoms with van der Waals surface area (Å²) in [5, 5.41) is 0. The number of rotatable bonds is 22. The van der Waals surface area contributed by atoms with E-state index in [0.29, 0.717) is 19.6 Å². The van der Waals surface area contributed by atoms with E-state index in [-0.39, 0.29) is 24.7 Å². The molecule has 1 aliphatic rings. The Balaban J connectivity index is 0.00000800. The van der Waals surface area contributed by atoms with E-state index in [1.54, 1.807) is 0 Å². The lowest BCUT2D eigenvalue weighted by atomic mass is 10.0. The number of ether oxygens (including phenoxy) is 3. The van der Waals surface area contributed by atoms with Gasteiger partial charge in [-0.3, -0.25) is 9.78 Å². The molecular formula is C33H59ClN2O4. The summed E-state index contributed by atoms with van der Waals surface area (Å²) in [5.74, 6) is 0.857. The molecule has 0 aromatic carbocycles. The van der Waals surface area contributed by atoms with E-state index < -0.39 is 0 Å². The molecule has 40 heavy (non-hydrogen) atoms. The minimum absolute atomic E-state index is 0. The predicted octanol–water partition coefficient (Wildman–Crippen LogP) is 5.42. The van der Waals surface area contributed by atoms with E-state index in [4.69, 9.17) is 14.2 Å². The molecule has 0 fully saturated rings. The van der Waals surface area contributed by atoms with E-state index >= 15 is 0 Å². The Bertz CT molecular complexity index is 818. The molecule has 0 N–H and O–H groups in total. The Hall–Kier alpha value is -1.37. The summed E-state index contributed by atoms with van der Waals surface area (Å²) in [4.78, 5) is 16.8. The van der Waals surface area contributed by atoms with Crippen LogP contribution in [0.4, 0.5) is 0 Å². The molecule has 1 aromatic heterocycles. The van der Waals surface area contributed by atoms with Crippen LogP contribution in [-0.4, -0.2) is 49.0 Å². The number of hydrogen-bond donors (Lipinski definition) is 0. The number of hydrogen-bond acceptors (Lipinski definition) is 5. The number of halogens is 1. The van der Waals surface area contributed by atoms with Crippen molar-refractivity contribution in [3.63, 3.8) is 0 Å². The van der Waals surface area contributed by atoms with Crippen molar-refractivity contribution in [2.45, 2.75) is 149 Å². The van der Waals surface area contributed by atoms with Crippen molar-refractivity contribution in [1.29, 1.82) is 0 Å². The third-order valence-electron chi connectivity index (χ3n) is 7.85. The summed E-state index contributed by atoms with van der Waals surface area (Å²) in [7, 11) is 4.43. The molecule has 1 aromatic rings. The smallest absolute Gasteiger partial charge is 0.305 e. The minimum Gasteiger partial charge on any atom is -1.00 e. The predicted molar refractivity (Wildman–Crippen MR) is 160 cm³/mol. The van der Waals surface area contributed by atoms with Gasteiger partial charge in [0.15, 0.2) is 6.29 Å². The van der Waals surface area contributed by atoms with Crippen molar-refractivity contribution < 1.29 is 35.9 Å². The summed E-state index contributed by atoms with van der Waals surface area (Å²) >= 11 is 0. The van der Waals surface area contributed by atoms with Crippen molar-refractivity contribution >= 4 is 5.97 Å². The zero-order chi connectivity index (χ0) is 28.3. The summed E-state index contributed by atoms with van der Waals surface area (Å²) in [6, 6.07) is 0. The van der Waals surface area contributed by atoms with Gasteiger partial charge in [-0.05, 0) is 13.3 Å². The Morgan fingerprint density at radius 3 is 2.12 bits per heavy atom. The van der Waals surface area contributed by atoms with Crippen molar-refractivity contribution in [2.75, 3.05) is 27.2 Å². The van der Waals surface area contributed by atoms with Crippen LogP contribution in [0.5, 0.6) is 5.75 Å². The van der Waals surface area contributed by atoms with E-state index in [2.05, 4.69) is 32.9 Å². The lowest BCUT2D eigenvalue weighted by Gasteiger charge is -2.33. The summed E-state index contributed by atoms with van der Waals surface area (Å²) in [6.45, 7) is 9.26. The van der Waals surface area contributed by atoms with Crippen LogP contribution in [0.3, 0.4) is 0 Å². The highest BCUT2D eigenvalue weighted by Crippen LogP contribution is 2.33. The molecule has 1 unspecified atom stereocenters. The number of esters is 1. The number of aromatic nitrogens is 1. The lowest BCUT2D eigenvalue weighted by molar-refractivity contribution is -0.903. The van der Waals surface area contributed by atoms with Gasteiger partial charge in [-0.1, -0.05) is 97.3 Å². The Morgan fingerprint density at radius 2 is 1.52 bits per heavy atom. The number of aryl methyl sites for hydroxylation is 1. The fourth-order valence-electron chi connectivity index (χ4n) is 5.42. The standard InChI is InChI=1S/C33H59N2O4.ClH/c1-6-8-9-10-11-12-13-14-15-16-17-18-19-22-31(36)37-24-20-23-35(4,5)26-29-25-34-28(3)33-30(29)27-38-32(39-33)21-7-2;/h25,32H,6-24,26-27H2,1-5H3;1H/q+1;/p-1. The lowest BCUT2D eigenvalue weighted by Crippen LogP contribution is -3.00. The number of nitrogens with zero attached hydrogens (tertiary/aromatic N) is 2. The highest BCUT2D eigenvalue weighted by molar-refractivity contribution is 5.69. The van der Waals surface area contributed by atoms with Crippen LogP contribution in [-0.2, 0) is 27.4 Å². The molecule has 0 spiro atoms. The highest BCUT2D eigenvalue weighted by atomic mass is 35.5. The maximum absolute atomic E-state index is 12.2. The minimum atomic E-state index is -0.171. The van der Waals surface area contributed by atoms with Gasteiger partial charge in [-0.25, -0.2) is 0 Å². The number of carbonyl (C=O) groups excluding carboxylic acids is 1. The molecule has 7 heteroatoms. The summed E-state index contributed by atoms with van der Waals surface area (Å²) < 4.78 is 18.4. The largest absolute Gasteiger partial charge is 1.00 e. The normalized spacial score (nSPS) is 14.8. The van der Waals surface area contributed by atoms with Crippen LogP contribution < -0.4 is 17.1 Å². The SMILES string of the molecule is CCCCCCCCCCCCCCCC(=O)OCCC[N+](C)(C)Cc1cnc(C)c2c1COC(CCC)O2.[Cl-]. The quantitative estimate of drug-likeness (QED) is 0.104. The second-order valence-electron chi connectivity index (χ2n) is 12.2. The number of carbonyl (C=O) groups is 1. The third kappa shape index (κ3) is 15.0. The van der Waals surface area contributed by atoms with Crippen molar-refractivity contribution in [2.24, 2.45) is 0 Å². The molecule has 0 saturated carbocycles. The van der Waals surface area contributed by atoms with Gasteiger partial charge < -0.3 is 31.1 Å². The highest BCUT2D eigenvalue weighted by Gasteiger charge is 2.27. The van der Waals surface area contributed by atoms with E-state index in [0.717, 1.165) is 66.7 Å². The molecule has 2 rings (SSSR count). The second kappa shape index (κ2) is 21.4. The summed E-state index contributed by atoms with van der Waals surface area (Å²) in [6.07, 6.45) is 22.2. The molecular weight excluding hydrogens is 524 g/mol. The number of unbranched alkanes of at least 4 members (excludes halogenated alkanes) is 12. The van der Waals surface area contributed by atoms with Crippen molar-refractivity contribution in [1.82, 2.24) is 4.98 Å². The van der Waals surface area contributed by atoms with Gasteiger partial charge >= 0.3 is 5.97 Å². The Morgan fingerprint density at radius 1 is 0.925 bits per heavy atom. The molecule has 0 aliphatic carbocycles. The molecule has 0 saturated heterocycles. The average Bonchev–Trinajstić information content (AvgIpc) is 2.91. The van der Waals surface area contributed by atoms with Gasteiger partial charge in [0.1, 0.15) is 12.3 Å². The molecule has 0 bridgehead atoms. The second-order valence-corrected chi connectivity index (χ2v) is 12.2. The third-order valence-corrected chi connectivity index (χ3v) is 7.85. The van der Waals surface area contributed by atoms with Gasteiger partial charge in [0.2, 0.25) is 0 Å². The van der Waals surface area contributed by atoms with Crippen LogP contribution in [0.2, 0.25) is 0 Å². The number of fused-ring (bicyclic) bond motifs is 1. The van der Waals surface area contributed by atoms with Gasteiger partial charge in [0.05, 0.1) is 39.5 Å². The monoisotopic (exact) mass is 582 g/mol. The fourth-order valence-corrected chi connectivity index (χ4v) is 5.42. The van der Waals surface area contributed by atoms with E-state index in [1.165, 1.54) is 76.2 Å². The first-order valence-corrected chi connectivity index (χ1v) is 16.1. The van der Waals surface area contributed by atoms with Crippen LogP contribution >= 0.6 is 0 Å². The first-order chi connectivity index (χ1) is 18.9. The molecule has 1 aliphatic heterocycles. The summed E-state index contributed by atoms with van der Waals surface area (Å²) in [5.41, 5.74) is 3.24. The van der Waals surface area contributed by atoms with E-state index in [9.17, 15) is 4.79 Å². The molecule has 1 atom stereocenters. The van der Waals surface area contributed by atoms with Crippen LogP contribution in [0.1, 0.15) is 140 Å². The van der Waals surface area contributed by atoms with E-state index in [1.807, 2.05) is 13.1 Å². The topological polar surface area (TPSA) is 57.7 Å². The molecule has 232 valence electrons. The number of quaternary nitrogens is 1. The van der Waals surface area contributed by atoms with Gasteiger partial charge in [0, 0.05) is 36.6 Å². The Labute approximate surface area is 251 Å². The van der Waals surface area contributed by atoms with Crippen molar-refractivity contribution in [3.8, 4) is 5.75 Å². The zero-order valence-corrected chi connectivity index (χ0v) is 27.2. The van der Waals surface area contributed by atoms with Crippen LogP contribution in [0.25, 0.3) is 0 Å². The molecule has 2 heterocycles.